The van der Waals surface area contributed by atoms with Gasteiger partial charge >= 0.3 is 0 Å². The van der Waals surface area contributed by atoms with Crippen molar-refractivity contribution in [2.75, 3.05) is 32.8 Å². The van der Waals surface area contributed by atoms with E-state index in [9.17, 15) is 4.79 Å². The summed E-state index contributed by atoms with van der Waals surface area (Å²) in [4.78, 5) is 21.8. The molecule has 6 nitrogen and oxygen atoms in total. The van der Waals surface area contributed by atoms with Gasteiger partial charge in [0.15, 0.2) is 0 Å². The Bertz CT molecular complexity index is 764. The van der Waals surface area contributed by atoms with Crippen LogP contribution in [-0.2, 0) is 4.74 Å². The number of imidazole rings is 1. The first kappa shape index (κ1) is 16.5. The molecule has 4 heterocycles. The van der Waals surface area contributed by atoms with Crippen LogP contribution in [0.25, 0.3) is 5.65 Å². The van der Waals surface area contributed by atoms with Crippen molar-refractivity contribution in [2.45, 2.75) is 38.8 Å². The molecule has 134 valence electrons. The number of aromatic nitrogens is 2. The topological polar surface area (TPSA) is 50.1 Å². The van der Waals surface area contributed by atoms with Gasteiger partial charge in [0.1, 0.15) is 11.3 Å². The van der Waals surface area contributed by atoms with Crippen molar-refractivity contribution in [1.82, 2.24) is 19.2 Å². The minimum Gasteiger partial charge on any atom is -0.376 e. The first-order valence-electron chi connectivity index (χ1n) is 9.20. The minimum atomic E-state index is 0.0511. The standard InChI is InChI=1S/C19H26N4O2/c1-14-3-6-23-13-17(20-18(23)11-14)19(24)21-7-4-16(5-8-21)22-9-10-25-15(2)12-22/h3,6,11,13,15-16H,4-5,7-10,12H2,1-2H3/t15-/m1/s1. The normalized spacial score (nSPS) is 23.3. The summed E-state index contributed by atoms with van der Waals surface area (Å²) in [5.74, 6) is 0.0511. The zero-order chi connectivity index (χ0) is 17.4. The Morgan fingerprint density at radius 2 is 2.08 bits per heavy atom. The van der Waals surface area contributed by atoms with E-state index in [0.717, 1.165) is 56.8 Å². The summed E-state index contributed by atoms with van der Waals surface area (Å²) in [5.41, 5.74) is 2.53. The lowest BCUT2D eigenvalue weighted by atomic mass is 10.0. The molecule has 0 spiro atoms. The van der Waals surface area contributed by atoms with Crippen LogP contribution in [0.1, 0.15) is 35.8 Å². The molecule has 4 rings (SSSR count). The number of amides is 1. The zero-order valence-corrected chi connectivity index (χ0v) is 15.0. The summed E-state index contributed by atoms with van der Waals surface area (Å²) in [6.45, 7) is 8.62. The lowest BCUT2D eigenvalue weighted by Gasteiger charge is -2.41. The zero-order valence-electron chi connectivity index (χ0n) is 15.0. The molecule has 0 saturated carbocycles. The van der Waals surface area contributed by atoms with Gasteiger partial charge in [-0.1, -0.05) is 0 Å². The Morgan fingerprint density at radius 3 is 2.84 bits per heavy atom. The Balaban J connectivity index is 1.40. The van der Waals surface area contributed by atoms with E-state index in [1.807, 2.05) is 40.8 Å². The molecular weight excluding hydrogens is 316 g/mol. The lowest BCUT2D eigenvalue weighted by Crippen LogP contribution is -2.51. The molecule has 0 aromatic carbocycles. The highest BCUT2D eigenvalue weighted by Crippen LogP contribution is 2.21. The average Bonchev–Trinajstić information content (AvgIpc) is 3.04. The van der Waals surface area contributed by atoms with Crippen molar-refractivity contribution in [3.63, 3.8) is 0 Å². The second-order valence-electron chi connectivity index (χ2n) is 7.30. The molecule has 2 fully saturated rings. The van der Waals surface area contributed by atoms with Crippen LogP contribution in [0, 0.1) is 6.92 Å². The van der Waals surface area contributed by atoms with Crippen LogP contribution >= 0.6 is 0 Å². The Hall–Kier alpha value is -1.92. The van der Waals surface area contributed by atoms with Gasteiger partial charge in [-0.05, 0) is 44.4 Å². The fourth-order valence-electron chi connectivity index (χ4n) is 3.96. The van der Waals surface area contributed by atoms with Crippen molar-refractivity contribution in [3.8, 4) is 0 Å². The maximum absolute atomic E-state index is 12.8. The Labute approximate surface area is 148 Å². The molecule has 1 atom stereocenters. The predicted octanol–water partition coefficient (Wildman–Crippen LogP) is 1.97. The van der Waals surface area contributed by atoms with Crippen LogP contribution in [0.4, 0.5) is 0 Å². The summed E-state index contributed by atoms with van der Waals surface area (Å²) >= 11 is 0. The maximum atomic E-state index is 12.8. The number of rotatable bonds is 2. The summed E-state index contributed by atoms with van der Waals surface area (Å²) < 4.78 is 7.56. The largest absolute Gasteiger partial charge is 0.376 e. The van der Waals surface area contributed by atoms with E-state index in [1.54, 1.807) is 0 Å². The van der Waals surface area contributed by atoms with Gasteiger partial charge in [0, 0.05) is 44.6 Å². The van der Waals surface area contributed by atoms with E-state index in [0.29, 0.717) is 17.8 Å². The molecule has 0 bridgehead atoms. The SMILES string of the molecule is Cc1ccn2cc(C(=O)N3CCC(N4CCO[C@H](C)C4)CC3)nc2c1. The molecule has 2 aliphatic heterocycles. The van der Waals surface area contributed by atoms with Gasteiger partial charge in [0.2, 0.25) is 0 Å². The predicted molar refractivity (Wildman–Crippen MR) is 95.8 cm³/mol. The van der Waals surface area contributed by atoms with Crippen molar-refractivity contribution >= 4 is 11.6 Å². The number of likely N-dealkylation sites (tertiary alicyclic amines) is 1. The number of hydrogen-bond acceptors (Lipinski definition) is 4. The van der Waals surface area contributed by atoms with Crippen LogP contribution in [0.15, 0.2) is 24.5 Å². The highest BCUT2D eigenvalue weighted by molar-refractivity contribution is 5.93. The maximum Gasteiger partial charge on any atom is 0.274 e. The summed E-state index contributed by atoms with van der Waals surface area (Å²) in [5, 5.41) is 0. The monoisotopic (exact) mass is 342 g/mol. The average molecular weight is 342 g/mol. The third-order valence-corrected chi connectivity index (χ3v) is 5.38. The van der Waals surface area contributed by atoms with Gasteiger partial charge in [-0.3, -0.25) is 9.69 Å². The van der Waals surface area contributed by atoms with Crippen molar-refractivity contribution < 1.29 is 9.53 Å². The van der Waals surface area contributed by atoms with E-state index in [1.165, 1.54) is 0 Å². The molecule has 2 saturated heterocycles. The van der Waals surface area contributed by atoms with E-state index in [2.05, 4.69) is 16.8 Å². The van der Waals surface area contributed by atoms with Crippen LogP contribution in [0.3, 0.4) is 0 Å². The van der Waals surface area contributed by atoms with E-state index >= 15 is 0 Å². The molecule has 2 aromatic rings. The highest BCUT2D eigenvalue weighted by Gasteiger charge is 2.30. The molecule has 2 aliphatic rings. The number of carbonyl (C=O) groups excluding carboxylic acids is 1. The number of nitrogens with zero attached hydrogens (tertiary/aromatic N) is 4. The van der Waals surface area contributed by atoms with E-state index in [4.69, 9.17) is 4.74 Å². The molecule has 0 aliphatic carbocycles. The summed E-state index contributed by atoms with van der Waals surface area (Å²) in [7, 11) is 0. The quantitative estimate of drug-likeness (QED) is 0.837. The van der Waals surface area contributed by atoms with Gasteiger partial charge in [0.25, 0.3) is 5.91 Å². The number of aryl methyl sites for hydroxylation is 1. The second kappa shape index (κ2) is 6.77. The number of piperidine rings is 1. The van der Waals surface area contributed by atoms with Gasteiger partial charge in [-0.2, -0.15) is 0 Å². The third kappa shape index (κ3) is 3.41. The van der Waals surface area contributed by atoms with Crippen LogP contribution < -0.4 is 0 Å². The molecular formula is C19H26N4O2. The number of ether oxygens (including phenoxy) is 1. The first-order chi connectivity index (χ1) is 12.1. The van der Waals surface area contributed by atoms with Crippen LogP contribution in [0.2, 0.25) is 0 Å². The Morgan fingerprint density at radius 1 is 1.28 bits per heavy atom. The van der Waals surface area contributed by atoms with Gasteiger partial charge < -0.3 is 14.0 Å². The summed E-state index contributed by atoms with van der Waals surface area (Å²) in [6, 6.07) is 4.60. The number of pyridine rings is 1. The fraction of sp³-hybridized carbons (Fsp3) is 0.579. The van der Waals surface area contributed by atoms with Crippen LogP contribution in [0.5, 0.6) is 0 Å². The second-order valence-corrected chi connectivity index (χ2v) is 7.30. The number of hydrogen-bond donors (Lipinski definition) is 0. The van der Waals surface area contributed by atoms with E-state index in [-0.39, 0.29) is 5.91 Å². The first-order valence-corrected chi connectivity index (χ1v) is 9.20. The molecule has 1 amide bonds. The summed E-state index contributed by atoms with van der Waals surface area (Å²) in [6.07, 6.45) is 6.18. The van der Waals surface area contributed by atoms with Gasteiger partial charge in [-0.25, -0.2) is 4.98 Å². The Kier molecular flexibility index (Phi) is 4.48. The lowest BCUT2D eigenvalue weighted by molar-refractivity contribution is -0.0423. The molecule has 0 N–H and O–H groups in total. The van der Waals surface area contributed by atoms with Gasteiger partial charge in [-0.15, -0.1) is 0 Å². The number of morpholine rings is 1. The highest BCUT2D eigenvalue weighted by atomic mass is 16.5. The number of carbonyl (C=O) groups is 1. The molecule has 2 aromatic heterocycles. The van der Waals surface area contributed by atoms with Crippen molar-refractivity contribution in [3.05, 3.63) is 35.8 Å². The third-order valence-electron chi connectivity index (χ3n) is 5.38. The molecule has 6 heteroatoms. The molecule has 0 radical (unpaired) electrons. The minimum absolute atomic E-state index is 0.0511. The number of fused-ring (bicyclic) bond motifs is 1. The smallest absolute Gasteiger partial charge is 0.274 e. The van der Waals surface area contributed by atoms with Crippen molar-refractivity contribution in [2.24, 2.45) is 0 Å². The molecule has 25 heavy (non-hydrogen) atoms. The van der Waals surface area contributed by atoms with Crippen LogP contribution in [-0.4, -0.2) is 70.0 Å². The van der Waals surface area contributed by atoms with Crippen molar-refractivity contribution in [1.29, 1.82) is 0 Å². The van der Waals surface area contributed by atoms with Gasteiger partial charge in [0.05, 0.1) is 12.7 Å². The van der Waals surface area contributed by atoms with E-state index < -0.39 is 0 Å². The molecule has 0 unspecified atom stereocenters. The fourth-order valence-corrected chi connectivity index (χ4v) is 3.96.